The number of hydrogen-bond donors (Lipinski definition) is 0. The second-order valence-electron chi connectivity index (χ2n) is 8.59. The molecule has 2 aliphatic heterocycles. The Labute approximate surface area is 182 Å². The fourth-order valence-electron chi connectivity index (χ4n) is 4.67. The number of likely N-dealkylation sites (tertiary alicyclic amines) is 1. The average molecular weight is 411 g/mol. The molecule has 1 saturated heterocycles. The van der Waals surface area contributed by atoms with Crippen LogP contribution in [0.1, 0.15) is 37.3 Å². The summed E-state index contributed by atoms with van der Waals surface area (Å²) in [7, 11) is 0. The van der Waals surface area contributed by atoms with Gasteiger partial charge in [-0.2, -0.15) is 0 Å². The first kappa shape index (κ1) is 18.5. The number of benzene rings is 1. The zero-order valence-corrected chi connectivity index (χ0v) is 17.5. The Balaban J connectivity index is 1.40. The lowest BCUT2D eigenvalue weighted by Crippen LogP contribution is -2.44. The van der Waals surface area contributed by atoms with Gasteiger partial charge in [-0.3, -0.25) is 9.88 Å². The second-order valence-corrected chi connectivity index (χ2v) is 8.59. The minimum atomic E-state index is 0.227. The van der Waals surface area contributed by atoms with Crippen LogP contribution in [-0.4, -0.2) is 43.9 Å². The van der Waals surface area contributed by atoms with Crippen LogP contribution in [0.4, 0.5) is 5.69 Å². The lowest BCUT2D eigenvalue weighted by Gasteiger charge is -2.38. The number of anilines is 1. The maximum absolute atomic E-state index is 4.44. The van der Waals surface area contributed by atoms with E-state index in [0.29, 0.717) is 6.04 Å². The number of nitrogens with zero attached hydrogens (tertiary/aromatic N) is 6. The normalized spacial score (nSPS) is 21.5. The fraction of sp³-hybridized carbons (Fsp3) is 0.320. The summed E-state index contributed by atoms with van der Waals surface area (Å²) in [6, 6.07) is 13.4. The molecular formula is C25H26N6. The maximum atomic E-state index is 4.44. The third-order valence-electron chi connectivity index (χ3n) is 6.46. The van der Waals surface area contributed by atoms with Crippen molar-refractivity contribution in [1.29, 1.82) is 0 Å². The zero-order valence-electron chi connectivity index (χ0n) is 17.5. The van der Waals surface area contributed by atoms with Gasteiger partial charge in [0.2, 0.25) is 0 Å². The third kappa shape index (κ3) is 3.57. The summed E-state index contributed by atoms with van der Waals surface area (Å²) in [5.41, 5.74) is 4.68. The molecule has 0 spiro atoms. The molecule has 1 aliphatic carbocycles. The Morgan fingerprint density at radius 3 is 2.58 bits per heavy atom. The van der Waals surface area contributed by atoms with Crippen molar-refractivity contribution in [3.8, 4) is 11.4 Å². The maximum Gasteiger partial charge on any atom is 0.164 e. The van der Waals surface area contributed by atoms with E-state index in [9.17, 15) is 0 Å². The molecule has 1 unspecified atom stereocenters. The number of pyridine rings is 1. The summed E-state index contributed by atoms with van der Waals surface area (Å²) in [5, 5.41) is 8.63. The highest BCUT2D eigenvalue weighted by atomic mass is 15.4. The summed E-state index contributed by atoms with van der Waals surface area (Å²) in [6.45, 7) is 2.28. The van der Waals surface area contributed by atoms with E-state index in [1.165, 1.54) is 42.5 Å². The van der Waals surface area contributed by atoms with Gasteiger partial charge in [0.25, 0.3) is 0 Å². The molecule has 0 amide bonds. The number of aromatic nitrogens is 4. The van der Waals surface area contributed by atoms with Crippen molar-refractivity contribution in [1.82, 2.24) is 24.6 Å². The van der Waals surface area contributed by atoms with Crippen LogP contribution in [0.2, 0.25) is 0 Å². The van der Waals surface area contributed by atoms with Gasteiger partial charge in [0.05, 0.1) is 0 Å². The molecule has 156 valence electrons. The van der Waals surface area contributed by atoms with E-state index in [0.717, 1.165) is 24.5 Å². The molecular weight excluding hydrogens is 384 g/mol. The summed E-state index contributed by atoms with van der Waals surface area (Å²) in [4.78, 5) is 9.14. The van der Waals surface area contributed by atoms with Crippen molar-refractivity contribution in [3.63, 3.8) is 0 Å². The van der Waals surface area contributed by atoms with Gasteiger partial charge < -0.3 is 9.47 Å². The van der Waals surface area contributed by atoms with Gasteiger partial charge in [0, 0.05) is 49.0 Å². The average Bonchev–Trinajstić information content (AvgIpc) is 3.32. The SMILES string of the molecule is C1=CC(N2CCCC2)N(c2cccc(-c3nncn3C3CC3)c2)C=C1c1ccncc1. The van der Waals surface area contributed by atoms with Crippen LogP contribution in [0.25, 0.3) is 17.0 Å². The van der Waals surface area contributed by atoms with Crippen molar-refractivity contribution >= 4 is 11.3 Å². The monoisotopic (exact) mass is 410 g/mol. The summed E-state index contributed by atoms with van der Waals surface area (Å²) >= 11 is 0. The zero-order chi connectivity index (χ0) is 20.6. The molecule has 1 saturated carbocycles. The number of hydrogen-bond acceptors (Lipinski definition) is 5. The highest BCUT2D eigenvalue weighted by molar-refractivity contribution is 5.79. The number of allylic oxidation sites excluding steroid dienone is 2. The molecule has 6 rings (SSSR count). The Kier molecular flexibility index (Phi) is 4.65. The van der Waals surface area contributed by atoms with Gasteiger partial charge in [-0.15, -0.1) is 10.2 Å². The first-order valence-electron chi connectivity index (χ1n) is 11.2. The van der Waals surface area contributed by atoms with Gasteiger partial charge in [-0.1, -0.05) is 18.2 Å². The van der Waals surface area contributed by atoms with Crippen molar-refractivity contribution in [3.05, 3.63) is 79.0 Å². The quantitative estimate of drug-likeness (QED) is 0.619. The largest absolute Gasteiger partial charge is 0.328 e. The van der Waals surface area contributed by atoms with Crippen LogP contribution in [0.15, 0.2) is 73.5 Å². The van der Waals surface area contributed by atoms with E-state index in [2.05, 4.69) is 84.3 Å². The molecule has 0 radical (unpaired) electrons. The minimum absolute atomic E-state index is 0.227. The smallest absolute Gasteiger partial charge is 0.164 e. The van der Waals surface area contributed by atoms with Crippen LogP contribution in [0.3, 0.4) is 0 Å². The van der Waals surface area contributed by atoms with Crippen molar-refractivity contribution < 1.29 is 0 Å². The van der Waals surface area contributed by atoms with E-state index in [1.54, 1.807) is 0 Å². The van der Waals surface area contributed by atoms with Gasteiger partial charge >= 0.3 is 0 Å². The fourth-order valence-corrected chi connectivity index (χ4v) is 4.67. The molecule has 1 aromatic carbocycles. The van der Waals surface area contributed by atoms with Crippen molar-refractivity contribution in [2.24, 2.45) is 0 Å². The molecule has 6 heteroatoms. The van der Waals surface area contributed by atoms with Crippen LogP contribution in [0, 0.1) is 0 Å². The van der Waals surface area contributed by atoms with E-state index in [-0.39, 0.29) is 6.17 Å². The summed E-state index contributed by atoms with van der Waals surface area (Å²) in [5.74, 6) is 0.966. The molecule has 1 atom stereocenters. The predicted octanol–water partition coefficient (Wildman–Crippen LogP) is 4.51. The molecule has 0 bridgehead atoms. The molecule has 3 aromatic rings. The topological polar surface area (TPSA) is 50.1 Å². The van der Waals surface area contributed by atoms with Gasteiger partial charge in [0.1, 0.15) is 12.5 Å². The van der Waals surface area contributed by atoms with Crippen LogP contribution in [0.5, 0.6) is 0 Å². The van der Waals surface area contributed by atoms with Gasteiger partial charge in [0.15, 0.2) is 5.82 Å². The molecule has 31 heavy (non-hydrogen) atoms. The third-order valence-corrected chi connectivity index (χ3v) is 6.46. The highest BCUT2D eigenvalue weighted by Gasteiger charge is 2.29. The first-order valence-corrected chi connectivity index (χ1v) is 11.2. The lowest BCUT2D eigenvalue weighted by molar-refractivity contribution is 0.285. The molecule has 3 aliphatic rings. The van der Waals surface area contributed by atoms with E-state index < -0.39 is 0 Å². The van der Waals surface area contributed by atoms with Crippen molar-refractivity contribution in [2.75, 3.05) is 18.0 Å². The molecule has 2 aromatic heterocycles. The highest BCUT2D eigenvalue weighted by Crippen LogP contribution is 2.38. The Bertz CT molecular complexity index is 1120. The molecule has 4 heterocycles. The first-order chi connectivity index (χ1) is 15.4. The van der Waals surface area contributed by atoms with E-state index in [4.69, 9.17) is 0 Å². The predicted molar refractivity (Wildman–Crippen MR) is 122 cm³/mol. The molecule has 2 fully saturated rings. The summed E-state index contributed by atoms with van der Waals surface area (Å²) < 4.78 is 2.23. The van der Waals surface area contributed by atoms with Gasteiger partial charge in [-0.25, -0.2) is 0 Å². The van der Waals surface area contributed by atoms with E-state index >= 15 is 0 Å². The Hall–Kier alpha value is -3.25. The second kappa shape index (κ2) is 7.78. The Morgan fingerprint density at radius 1 is 0.935 bits per heavy atom. The lowest BCUT2D eigenvalue weighted by atomic mass is 10.0. The molecule has 0 N–H and O–H groups in total. The van der Waals surface area contributed by atoms with E-state index in [1.807, 2.05) is 18.7 Å². The Morgan fingerprint density at radius 2 is 1.77 bits per heavy atom. The number of rotatable bonds is 5. The summed E-state index contributed by atoms with van der Waals surface area (Å²) in [6.07, 6.45) is 17.6. The van der Waals surface area contributed by atoms with Crippen LogP contribution < -0.4 is 4.90 Å². The van der Waals surface area contributed by atoms with Gasteiger partial charge in [-0.05, 0) is 67.2 Å². The van der Waals surface area contributed by atoms with Crippen LogP contribution >= 0.6 is 0 Å². The van der Waals surface area contributed by atoms with Crippen LogP contribution in [-0.2, 0) is 0 Å². The molecule has 6 nitrogen and oxygen atoms in total. The standard InChI is InChI=1S/C25H26N6/c1-2-15-29(14-1)24-9-6-21(19-10-12-26-13-11-19)17-30(24)23-5-3-4-20(16-23)25-28-27-18-31(25)22-7-8-22/h3-6,9-13,16-18,22,24H,1-2,7-8,14-15H2. The van der Waals surface area contributed by atoms with Crippen molar-refractivity contribution in [2.45, 2.75) is 37.9 Å². The minimum Gasteiger partial charge on any atom is -0.328 e.